The molecule has 1 aromatic rings. The minimum Gasteiger partial charge on any atom is -0.383 e. The number of hydrogen-bond donors (Lipinski definition) is 2. The number of imidazole rings is 1. The first-order valence-electron chi connectivity index (χ1n) is 7.23. The zero-order valence-corrected chi connectivity index (χ0v) is 12.3. The lowest BCUT2D eigenvalue weighted by atomic mass is 9.96. The number of carbonyl (C=O) groups is 1. The lowest BCUT2D eigenvalue weighted by molar-refractivity contribution is -0.124. The van der Waals surface area contributed by atoms with Crippen LogP contribution in [0.1, 0.15) is 37.4 Å². The van der Waals surface area contributed by atoms with Crippen molar-refractivity contribution in [2.24, 2.45) is 0 Å². The summed E-state index contributed by atoms with van der Waals surface area (Å²) >= 11 is 0. The van der Waals surface area contributed by atoms with Gasteiger partial charge in [0.15, 0.2) is 0 Å². The summed E-state index contributed by atoms with van der Waals surface area (Å²) in [6.07, 6.45) is 5.96. The molecule has 0 bridgehead atoms. The molecule has 2 atom stereocenters. The van der Waals surface area contributed by atoms with Gasteiger partial charge in [0.25, 0.3) is 0 Å². The van der Waals surface area contributed by atoms with Gasteiger partial charge in [-0.1, -0.05) is 0 Å². The van der Waals surface area contributed by atoms with E-state index in [0.29, 0.717) is 19.1 Å². The molecule has 1 aromatic heterocycles. The zero-order valence-electron chi connectivity index (χ0n) is 12.3. The molecule has 1 aliphatic rings. The van der Waals surface area contributed by atoms with Gasteiger partial charge in [-0.25, -0.2) is 4.98 Å². The molecule has 2 rings (SSSR count). The molecule has 0 aromatic carbocycles. The lowest BCUT2D eigenvalue weighted by Gasteiger charge is -2.25. The minimum atomic E-state index is -0.244. The van der Waals surface area contributed by atoms with Gasteiger partial charge in [0.2, 0.25) is 5.91 Å². The van der Waals surface area contributed by atoms with Crippen molar-refractivity contribution in [1.82, 2.24) is 20.2 Å². The number of aromatic nitrogens is 2. The highest BCUT2D eigenvalue weighted by molar-refractivity contribution is 5.79. The van der Waals surface area contributed by atoms with Crippen LogP contribution in [0.25, 0.3) is 0 Å². The van der Waals surface area contributed by atoms with E-state index in [1.807, 2.05) is 17.7 Å². The quantitative estimate of drug-likeness (QED) is 0.752. The van der Waals surface area contributed by atoms with Crippen molar-refractivity contribution in [2.45, 2.75) is 31.7 Å². The number of amides is 1. The maximum atomic E-state index is 12.1. The normalized spacial score (nSPS) is 20.6. The molecule has 2 N–H and O–H groups in total. The van der Waals surface area contributed by atoms with E-state index < -0.39 is 0 Å². The van der Waals surface area contributed by atoms with Gasteiger partial charge < -0.3 is 19.9 Å². The Hall–Kier alpha value is -1.40. The molecule has 1 saturated heterocycles. The van der Waals surface area contributed by atoms with Gasteiger partial charge in [0.05, 0.1) is 12.9 Å². The van der Waals surface area contributed by atoms with Crippen LogP contribution in [0.4, 0.5) is 0 Å². The maximum Gasteiger partial charge on any atom is 0.242 e. The van der Waals surface area contributed by atoms with Crippen LogP contribution in [-0.4, -0.2) is 48.8 Å². The van der Waals surface area contributed by atoms with Crippen LogP contribution in [0.3, 0.4) is 0 Å². The van der Waals surface area contributed by atoms with Crippen molar-refractivity contribution in [3.63, 3.8) is 0 Å². The highest BCUT2D eigenvalue weighted by Gasteiger charge is 2.23. The van der Waals surface area contributed by atoms with E-state index in [-0.39, 0.29) is 11.9 Å². The summed E-state index contributed by atoms with van der Waals surface area (Å²) in [7, 11) is 1.62. The second-order valence-corrected chi connectivity index (χ2v) is 5.23. The second kappa shape index (κ2) is 7.40. The average molecular weight is 280 g/mol. The molecule has 112 valence electrons. The summed E-state index contributed by atoms with van der Waals surface area (Å²) in [4.78, 5) is 16.3. The third kappa shape index (κ3) is 3.58. The highest BCUT2D eigenvalue weighted by Crippen LogP contribution is 2.25. The van der Waals surface area contributed by atoms with Gasteiger partial charge in [-0.3, -0.25) is 4.79 Å². The summed E-state index contributed by atoms with van der Waals surface area (Å²) < 4.78 is 6.93. The summed E-state index contributed by atoms with van der Waals surface area (Å²) in [5, 5.41) is 6.28. The van der Waals surface area contributed by atoms with Crippen LogP contribution < -0.4 is 10.6 Å². The standard InChI is InChI=1S/C14H24N4O2/c1-11(14(19)17-6-7-20-2)18-10-16-9-13(18)12-4-3-5-15-8-12/h9-12,15H,3-8H2,1-2H3,(H,17,19). The number of methoxy groups -OCH3 is 1. The molecule has 0 spiro atoms. The molecule has 2 heterocycles. The first kappa shape index (κ1) is 15.0. The number of hydrogen-bond acceptors (Lipinski definition) is 4. The summed E-state index contributed by atoms with van der Waals surface area (Å²) in [6.45, 7) is 5.02. The molecule has 6 nitrogen and oxygen atoms in total. The summed E-state index contributed by atoms with van der Waals surface area (Å²) in [6, 6.07) is -0.244. The molecular formula is C14H24N4O2. The topological polar surface area (TPSA) is 68.2 Å². The van der Waals surface area contributed by atoms with Gasteiger partial charge in [-0.15, -0.1) is 0 Å². The molecule has 1 amide bonds. The first-order valence-corrected chi connectivity index (χ1v) is 7.23. The molecule has 20 heavy (non-hydrogen) atoms. The Labute approximate surface area is 119 Å². The fourth-order valence-corrected chi connectivity index (χ4v) is 2.61. The Morgan fingerprint density at radius 1 is 1.70 bits per heavy atom. The minimum absolute atomic E-state index is 0.00469. The smallest absolute Gasteiger partial charge is 0.242 e. The van der Waals surface area contributed by atoms with E-state index in [9.17, 15) is 4.79 Å². The van der Waals surface area contributed by atoms with Crippen LogP contribution >= 0.6 is 0 Å². The van der Waals surface area contributed by atoms with Gasteiger partial charge in [0, 0.05) is 38.0 Å². The van der Waals surface area contributed by atoms with Crippen LogP contribution in [0, 0.1) is 0 Å². The molecule has 0 saturated carbocycles. The fourth-order valence-electron chi connectivity index (χ4n) is 2.61. The van der Waals surface area contributed by atoms with E-state index >= 15 is 0 Å². The number of piperidine rings is 1. The number of rotatable bonds is 6. The molecule has 1 fully saturated rings. The highest BCUT2D eigenvalue weighted by atomic mass is 16.5. The first-order chi connectivity index (χ1) is 9.74. The molecule has 2 unspecified atom stereocenters. The fraction of sp³-hybridized carbons (Fsp3) is 0.714. The molecular weight excluding hydrogens is 256 g/mol. The maximum absolute atomic E-state index is 12.1. The number of nitrogens with zero attached hydrogens (tertiary/aromatic N) is 2. The number of nitrogens with one attached hydrogen (secondary N) is 2. The zero-order chi connectivity index (χ0) is 14.4. The second-order valence-electron chi connectivity index (χ2n) is 5.23. The molecule has 1 aliphatic heterocycles. The van der Waals surface area contributed by atoms with Gasteiger partial charge in [-0.05, 0) is 26.3 Å². The van der Waals surface area contributed by atoms with Crippen molar-refractivity contribution in [3.05, 3.63) is 18.2 Å². The van der Waals surface area contributed by atoms with Crippen LogP contribution in [-0.2, 0) is 9.53 Å². The van der Waals surface area contributed by atoms with Gasteiger partial charge in [-0.2, -0.15) is 0 Å². The van der Waals surface area contributed by atoms with Crippen LogP contribution in [0.15, 0.2) is 12.5 Å². The van der Waals surface area contributed by atoms with Crippen molar-refractivity contribution < 1.29 is 9.53 Å². The molecule has 0 radical (unpaired) electrons. The third-order valence-corrected chi connectivity index (χ3v) is 3.81. The predicted octanol–water partition coefficient (Wildman–Crippen LogP) is 0.674. The third-order valence-electron chi connectivity index (χ3n) is 3.81. The Balaban J connectivity index is 2.00. The van der Waals surface area contributed by atoms with Crippen molar-refractivity contribution in [2.75, 3.05) is 33.4 Å². The predicted molar refractivity (Wildman–Crippen MR) is 76.7 cm³/mol. The van der Waals surface area contributed by atoms with Crippen LogP contribution in [0.2, 0.25) is 0 Å². The molecule has 6 heteroatoms. The van der Waals surface area contributed by atoms with Crippen molar-refractivity contribution >= 4 is 5.91 Å². The van der Waals surface area contributed by atoms with E-state index in [1.165, 1.54) is 6.42 Å². The van der Waals surface area contributed by atoms with Gasteiger partial charge in [0.1, 0.15) is 6.04 Å². The summed E-state index contributed by atoms with van der Waals surface area (Å²) in [5.74, 6) is 0.450. The number of carbonyl (C=O) groups excluding carboxylic acids is 1. The number of ether oxygens (including phenoxy) is 1. The Bertz CT molecular complexity index is 427. The lowest BCUT2D eigenvalue weighted by Crippen LogP contribution is -2.35. The van der Waals surface area contributed by atoms with E-state index in [2.05, 4.69) is 15.6 Å². The van der Waals surface area contributed by atoms with Crippen LogP contribution in [0.5, 0.6) is 0 Å². The monoisotopic (exact) mass is 280 g/mol. The Morgan fingerprint density at radius 2 is 2.55 bits per heavy atom. The van der Waals surface area contributed by atoms with Crippen molar-refractivity contribution in [3.8, 4) is 0 Å². The largest absolute Gasteiger partial charge is 0.383 e. The average Bonchev–Trinajstić information content (AvgIpc) is 2.97. The van der Waals surface area contributed by atoms with Gasteiger partial charge >= 0.3 is 0 Å². The Kier molecular flexibility index (Phi) is 5.55. The van der Waals surface area contributed by atoms with E-state index in [0.717, 1.165) is 25.2 Å². The molecule has 0 aliphatic carbocycles. The van der Waals surface area contributed by atoms with E-state index in [4.69, 9.17) is 4.74 Å². The van der Waals surface area contributed by atoms with Crippen molar-refractivity contribution in [1.29, 1.82) is 0 Å². The Morgan fingerprint density at radius 3 is 3.25 bits per heavy atom. The van der Waals surface area contributed by atoms with E-state index in [1.54, 1.807) is 13.4 Å². The summed E-state index contributed by atoms with van der Waals surface area (Å²) in [5.41, 5.74) is 1.14. The SMILES string of the molecule is COCCNC(=O)C(C)n1cncc1C1CCCNC1.